The molecule has 0 aromatic heterocycles. The van der Waals surface area contributed by atoms with E-state index in [4.69, 9.17) is 5.26 Å². The Morgan fingerprint density at radius 1 is 1.50 bits per heavy atom. The van der Waals surface area contributed by atoms with Crippen LogP contribution in [0.3, 0.4) is 0 Å². The van der Waals surface area contributed by atoms with Crippen LogP contribution in [-0.2, 0) is 4.79 Å². The summed E-state index contributed by atoms with van der Waals surface area (Å²) in [7, 11) is 0. The van der Waals surface area contributed by atoms with Crippen molar-refractivity contribution in [3.8, 4) is 6.07 Å². The van der Waals surface area contributed by atoms with Gasteiger partial charge in [0, 0.05) is 11.3 Å². The van der Waals surface area contributed by atoms with E-state index in [1.807, 2.05) is 19.1 Å². The van der Waals surface area contributed by atoms with Gasteiger partial charge in [-0.25, -0.2) is 0 Å². The monoisotopic (exact) mass is 186 g/mol. The van der Waals surface area contributed by atoms with Crippen LogP contribution in [0.15, 0.2) is 30.8 Å². The number of benzene rings is 1. The second kappa shape index (κ2) is 4.24. The summed E-state index contributed by atoms with van der Waals surface area (Å²) in [5, 5.41) is 10.8. The summed E-state index contributed by atoms with van der Waals surface area (Å²) in [6.07, 6.45) is 0. The van der Waals surface area contributed by atoms with Crippen molar-refractivity contribution < 1.29 is 4.79 Å². The largest absolute Gasteiger partial charge is 0.326 e. The van der Waals surface area contributed by atoms with Gasteiger partial charge in [-0.2, -0.15) is 5.26 Å². The molecule has 0 heterocycles. The summed E-state index contributed by atoms with van der Waals surface area (Å²) in [5.74, 6) is -0.668. The normalized spacial score (nSPS) is 8.86. The maximum absolute atomic E-state index is 10.9. The van der Waals surface area contributed by atoms with Gasteiger partial charge in [0.2, 0.25) is 0 Å². The van der Waals surface area contributed by atoms with Gasteiger partial charge in [-0.05, 0) is 18.6 Å². The van der Waals surface area contributed by atoms with Crippen molar-refractivity contribution in [2.75, 3.05) is 5.32 Å². The summed E-state index contributed by atoms with van der Waals surface area (Å²) in [4.78, 5) is 10.9. The molecule has 0 aliphatic rings. The minimum absolute atomic E-state index is 0.617. The third kappa shape index (κ3) is 2.20. The topological polar surface area (TPSA) is 52.9 Å². The second-order valence-corrected chi connectivity index (χ2v) is 2.89. The number of hydrogen-bond donors (Lipinski definition) is 1. The van der Waals surface area contributed by atoms with E-state index >= 15 is 0 Å². The highest BCUT2D eigenvalue weighted by atomic mass is 16.1. The molecular weight excluding hydrogens is 176 g/mol. The standard InChI is InChI=1S/C11H10N2O/c1-8(2)9-5-3-4-6-10(9)13-11(14)7-12/h3-6H,1H2,2H3,(H,13,14). The summed E-state index contributed by atoms with van der Waals surface area (Å²) in [6.45, 7) is 5.63. The second-order valence-electron chi connectivity index (χ2n) is 2.89. The molecule has 0 atom stereocenters. The Hall–Kier alpha value is -2.08. The molecule has 0 saturated carbocycles. The number of nitrogens with zero attached hydrogens (tertiary/aromatic N) is 1. The van der Waals surface area contributed by atoms with Crippen molar-refractivity contribution in [1.29, 1.82) is 5.26 Å². The number of hydrogen-bond acceptors (Lipinski definition) is 2. The molecule has 0 spiro atoms. The first kappa shape index (κ1) is 10.0. The fourth-order valence-electron chi connectivity index (χ4n) is 1.11. The average molecular weight is 186 g/mol. The molecule has 3 nitrogen and oxygen atoms in total. The lowest BCUT2D eigenvalue weighted by atomic mass is 10.1. The minimum atomic E-state index is -0.668. The molecule has 0 aliphatic carbocycles. The van der Waals surface area contributed by atoms with E-state index in [2.05, 4.69) is 11.9 Å². The van der Waals surface area contributed by atoms with Crippen LogP contribution >= 0.6 is 0 Å². The number of allylic oxidation sites excluding steroid dienone is 1. The van der Waals surface area contributed by atoms with Gasteiger partial charge >= 0.3 is 5.91 Å². The van der Waals surface area contributed by atoms with Gasteiger partial charge < -0.3 is 5.32 Å². The number of nitrogens with one attached hydrogen (secondary N) is 1. The van der Waals surface area contributed by atoms with Gasteiger partial charge in [-0.1, -0.05) is 24.8 Å². The van der Waals surface area contributed by atoms with Crippen LogP contribution in [0.5, 0.6) is 0 Å². The smallest absolute Gasteiger partial charge is 0.313 e. The first-order valence-corrected chi connectivity index (χ1v) is 4.11. The van der Waals surface area contributed by atoms with E-state index in [-0.39, 0.29) is 0 Å². The Balaban J connectivity index is 3.03. The van der Waals surface area contributed by atoms with Gasteiger partial charge in [0.25, 0.3) is 0 Å². The molecule has 1 rings (SSSR count). The highest BCUT2D eigenvalue weighted by Crippen LogP contribution is 2.21. The first-order valence-electron chi connectivity index (χ1n) is 4.11. The Morgan fingerprint density at radius 3 is 2.71 bits per heavy atom. The van der Waals surface area contributed by atoms with E-state index in [1.165, 1.54) is 6.07 Å². The lowest BCUT2D eigenvalue weighted by molar-refractivity contribution is -0.111. The number of nitriles is 1. The molecule has 1 N–H and O–H groups in total. The van der Waals surface area contributed by atoms with Crippen LogP contribution in [-0.4, -0.2) is 5.91 Å². The maximum Gasteiger partial charge on any atom is 0.326 e. The van der Waals surface area contributed by atoms with E-state index in [9.17, 15) is 4.79 Å². The van der Waals surface area contributed by atoms with Crippen LogP contribution in [0.25, 0.3) is 5.57 Å². The Bertz CT molecular complexity index is 416. The van der Waals surface area contributed by atoms with Gasteiger partial charge in [0.05, 0.1) is 0 Å². The third-order valence-electron chi connectivity index (χ3n) is 1.74. The number of amides is 1. The molecular formula is C11H10N2O. The number of carbonyl (C=O) groups is 1. The van der Waals surface area contributed by atoms with E-state index in [1.54, 1.807) is 12.1 Å². The van der Waals surface area contributed by atoms with Gasteiger partial charge in [-0.15, -0.1) is 0 Å². The summed E-state index contributed by atoms with van der Waals surface area (Å²) < 4.78 is 0. The fraction of sp³-hybridized carbons (Fsp3) is 0.0909. The number of carbonyl (C=O) groups excluding carboxylic acids is 1. The number of rotatable bonds is 2. The van der Waals surface area contributed by atoms with Gasteiger partial charge in [0.15, 0.2) is 6.07 Å². The summed E-state index contributed by atoms with van der Waals surface area (Å²) in [5.41, 5.74) is 2.31. The number of anilines is 1. The van der Waals surface area contributed by atoms with Crippen molar-refractivity contribution in [2.24, 2.45) is 0 Å². The van der Waals surface area contributed by atoms with E-state index < -0.39 is 5.91 Å². The lowest BCUT2D eigenvalue weighted by Gasteiger charge is -2.07. The van der Waals surface area contributed by atoms with Crippen LogP contribution in [0.2, 0.25) is 0 Å². The number of para-hydroxylation sites is 1. The first-order chi connectivity index (χ1) is 6.65. The van der Waals surface area contributed by atoms with Crippen molar-refractivity contribution in [1.82, 2.24) is 0 Å². The van der Waals surface area contributed by atoms with Crippen LogP contribution in [0.1, 0.15) is 12.5 Å². The van der Waals surface area contributed by atoms with E-state index in [0.717, 1.165) is 11.1 Å². The highest BCUT2D eigenvalue weighted by molar-refractivity contribution is 6.03. The van der Waals surface area contributed by atoms with Crippen LogP contribution in [0, 0.1) is 11.3 Å². The molecule has 70 valence electrons. The molecule has 1 amide bonds. The Morgan fingerprint density at radius 2 is 2.14 bits per heavy atom. The molecule has 0 unspecified atom stereocenters. The quantitative estimate of drug-likeness (QED) is 0.719. The molecule has 0 bridgehead atoms. The minimum Gasteiger partial charge on any atom is -0.313 e. The molecule has 1 aromatic rings. The van der Waals surface area contributed by atoms with Crippen molar-refractivity contribution >= 4 is 17.2 Å². The highest BCUT2D eigenvalue weighted by Gasteiger charge is 2.04. The zero-order valence-corrected chi connectivity index (χ0v) is 7.87. The zero-order chi connectivity index (χ0) is 10.6. The molecule has 3 heteroatoms. The van der Waals surface area contributed by atoms with Crippen molar-refractivity contribution in [2.45, 2.75) is 6.92 Å². The predicted octanol–water partition coefficient (Wildman–Crippen LogP) is 2.18. The maximum atomic E-state index is 10.9. The summed E-state index contributed by atoms with van der Waals surface area (Å²) >= 11 is 0. The van der Waals surface area contributed by atoms with Crippen molar-refractivity contribution in [3.05, 3.63) is 36.4 Å². The Labute approximate surface area is 82.7 Å². The third-order valence-corrected chi connectivity index (χ3v) is 1.74. The molecule has 0 saturated heterocycles. The van der Waals surface area contributed by atoms with Gasteiger partial charge in [0.1, 0.15) is 0 Å². The van der Waals surface area contributed by atoms with E-state index in [0.29, 0.717) is 5.69 Å². The Kier molecular flexibility index (Phi) is 3.03. The van der Waals surface area contributed by atoms with Gasteiger partial charge in [-0.3, -0.25) is 4.79 Å². The lowest BCUT2D eigenvalue weighted by Crippen LogP contribution is -2.09. The molecule has 0 fully saturated rings. The molecule has 14 heavy (non-hydrogen) atoms. The average Bonchev–Trinajstić information content (AvgIpc) is 2.18. The van der Waals surface area contributed by atoms with Crippen molar-refractivity contribution in [3.63, 3.8) is 0 Å². The van der Waals surface area contributed by atoms with Crippen LogP contribution in [0.4, 0.5) is 5.69 Å². The molecule has 0 aliphatic heterocycles. The fourth-order valence-corrected chi connectivity index (χ4v) is 1.11. The summed E-state index contributed by atoms with van der Waals surface area (Å²) in [6, 6.07) is 8.72. The molecule has 0 radical (unpaired) electrons. The SMILES string of the molecule is C=C(C)c1ccccc1NC(=O)C#N. The van der Waals surface area contributed by atoms with Crippen LogP contribution < -0.4 is 5.32 Å². The predicted molar refractivity (Wildman–Crippen MR) is 55.4 cm³/mol. The molecule has 1 aromatic carbocycles. The zero-order valence-electron chi connectivity index (χ0n) is 7.87.